The number of carboxylic acids is 1. The lowest BCUT2D eigenvalue weighted by Crippen LogP contribution is -1.98. The summed E-state index contributed by atoms with van der Waals surface area (Å²) in [5.41, 5.74) is 1.48. The first-order chi connectivity index (χ1) is 6.61. The molecule has 0 bridgehead atoms. The molecule has 0 aromatic heterocycles. The highest BCUT2D eigenvalue weighted by Crippen LogP contribution is 2.13. The van der Waals surface area contributed by atoms with Gasteiger partial charge in [0.25, 0.3) is 0 Å². The minimum absolute atomic E-state index is 0.102. The third kappa shape index (κ3) is 3.34. The standard InChI is InChI=1S/C10H8INO2/c11-9-4-7(1-2-10(13)14)3-8(5-9)6-12/h3-5H,1-2H2,(H,13,14). The van der Waals surface area contributed by atoms with Gasteiger partial charge in [0.05, 0.1) is 11.6 Å². The Hall–Kier alpha value is -1.09. The second-order valence-corrected chi connectivity index (χ2v) is 4.10. The maximum absolute atomic E-state index is 10.3. The zero-order valence-electron chi connectivity index (χ0n) is 7.33. The van der Waals surface area contributed by atoms with Crippen LogP contribution >= 0.6 is 22.6 Å². The highest BCUT2D eigenvalue weighted by molar-refractivity contribution is 14.1. The number of rotatable bonds is 3. The molecule has 0 unspecified atom stereocenters. The minimum atomic E-state index is -0.817. The molecule has 1 rings (SSSR count). The van der Waals surface area contributed by atoms with Gasteiger partial charge in [0.1, 0.15) is 0 Å². The van der Waals surface area contributed by atoms with Gasteiger partial charge in [-0.25, -0.2) is 0 Å². The fourth-order valence-corrected chi connectivity index (χ4v) is 1.85. The number of nitriles is 1. The van der Waals surface area contributed by atoms with E-state index in [2.05, 4.69) is 22.6 Å². The van der Waals surface area contributed by atoms with E-state index in [1.807, 2.05) is 12.1 Å². The smallest absolute Gasteiger partial charge is 0.303 e. The van der Waals surface area contributed by atoms with Gasteiger partial charge >= 0.3 is 5.97 Å². The van der Waals surface area contributed by atoms with Gasteiger partial charge < -0.3 is 5.11 Å². The number of carboxylic acid groups (broad SMARTS) is 1. The highest BCUT2D eigenvalue weighted by atomic mass is 127. The molecule has 3 nitrogen and oxygen atoms in total. The van der Waals surface area contributed by atoms with Crippen molar-refractivity contribution < 1.29 is 9.90 Å². The van der Waals surface area contributed by atoms with Crippen molar-refractivity contribution in [3.05, 3.63) is 32.9 Å². The van der Waals surface area contributed by atoms with Crippen molar-refractivity contribution in [2.45, 2.75) is 12.8 Å². The fraction of sp³-hybridized carbons (Fsp3) is 0.200. The molecule has 0 heterocycles. The van der Waals surface area contributed by atoms with Crippen LogP contribution in [0.4, 0.5) is 0 Å². The summed E-state index contributed by atoms with van der Waals surface area (Å²) in [6, 6.07) is 7.43. The van der Waals surface area contributed by atoms with Gasteiger partial charge in [0, 0.05) is 9.99 Å². The van der Waals surface area contributed by atoms with Gasteiger partial charge in [-0.3, -0.25) is 4.79 Å². The number of nitrogens with zero attached hydrogens (tertiary/aromatic N) is 1. The first kappa shape index (κ1) is 11.0. The number of hydrogen-bond donors (Lipinski definition) is 1. The second kappa shape index (κ2) is 4.96. The average Bonchev–Trinajstić information content (AvgIpc) is 2.14. The Morgan fingerprint density at radius 2 is 2.21 bits per heavy atom. The maximum Gasteiger partial charge on any atom is 0.303 e. The van der Waals surface area contributed by atoms with Crippen molar-refractivity contribution in [1.29, 1.82) is 5.26 Å². The Balaban J connectivity index is 2.82. The molecule has 0 saturated heterocycles. The van der Waals surface area contributed by atoms with Gasteiger partial charge in [0.15, 0.2) is 0 Å². The molecule has 4 heteroatoms. The average molecular weight is 301 g/mol. The SMILES string of the molecule is N#Cc1cc(I)cc(CCC(=O)O)c1. The zero-order chi connectivity index (χ0) is 10.6. The lowest BCUT2D eigenvalue weighted by atomic mass is 10.1. The molecule has 0 aliphatic carbocycles. The Bertz CT molecular complexity index is 396. The van der Waals surface area contributed by atoms with Gasteiger partial charge in [-0.15, -0.1) is 0 Å². The molecule has 0 amide bonds. The van der Waals surface area contributed by atoms with Crippen LogP contribution in [0.25, 0.3) is 0 Å². The van der Waals surface area contributed by atoms with Crippen molar-refractivity contribution in [3.63, 3.8) is 0 Å². The predicted octanol–water partition coefficient (Wildman–Crippen LogP) is 2.18. The number of aliphatic carboxylic acids is 1. The van der Waals surface area contributed by atoms with Gasteiger partial charge in [-0.1, -0.05) is 0 Å². The van der Waals surface area contributed by atoms with Crippen LogP contribution < -0.4 is 0 Å². The van der Waals surface area contributed by atoms with E-state index in [1.165, 1.54) is 0 Å². The van der Waals surface area contributed by atoms with Gasteiger partial charge in [-0.2, -0.15) is 5.26 Å². The number of halogens is 1. The molecule has 0 spiro atoms. The molecule has 0 aliphatic rings. The van der Waals surface area contributed by atoms with Crippen molar-refractivity contribution in [2.75, 3.05) is 0 Å². The third-order valence-electron chi connectivity index (χ3n) is 1.71. The van der Waals surface area contributed by atoms with Crippen LogP contribution in [-0.2, 0) is 11.2 Å². The molecular weight excluding hydrogens is 293 g/mol. The molecular formula is C10H8INO2. The fourth-order valence-electron chi connectivity index (χ4n) is 1.11. The van der Waals surface area contributed by atoms with Gasteiger partial charge in [0.2, 0.25) is 0 Å². The molecule has 1 N–H and O–H groups in total. The minimum Gasteiger partial charge on any atom is -0.481 e. The molecule has 0 aliphatic heterocycles. The van der Waals surface area contributed by atoms with E-state index in [1.54, 1.807) is 12.1 Å². The Labute approximate surface area is 95.5 Å². The van der Waals surface area contributed by atoms with Crippen LogP contribution in [0, 0.1) is 14.9 Å². The van der Waals surface area contributed by atoms with E-state index >= 15 is 0 Å². The molecule has 1 aromatic rings. The summed E-state index contributed by atoms with van der Waals surface area (Å²) in [5, 5.41) is 17.2. The molecule has 0 fully saturated rings. The summed E-state index contributed by atoms with van der Waals surface area (Å²) in [4.78, 5) is 10.3. The molecule has 0 atom stereocenters. The lowest BCUT2D eigenvalue weighted by molar-refractivity contribution is -0.136. The molecule has 0 saturated carbocycles. The molecule has 72 valence electrons. The monoisotopic (exact) mass is 301 g/mol. The second-order valence-electron chi connectivity index (χ2n) is 2.85. The maximum atomic E-state index is 10.3. The number of aryl methyl sites for hydroxylation is 1. The van der Waals surface area contributed by atoms with Crippen LogP contribution in [0.2, 0.25) is 0 Å². The van der Waals surface area contributed by atoms with E-state index < -0.39 is 5.97 Å². The third-order valence-corrected chi connectivity index (χ3v) is 2.34. The predicted molar refractivity (Wildman–Crippen MR) is 59.8 cm³/mol. The number of carbonyl (C=O) groups is 1. The van der Waals surface area contributed by atoms with Crippen LogP contribution in [0.5, 0.6) is 0 Å². The first-order valence-electron chi connectivity index (χ1n) is 4.03. The van der Waals surface area contributed by atoms with E-state index in [-0.39, 0.29) is 6.42 Å². The Morgan fingerprint density at radius 3 is 2.79 bits per heavy atom. The summed E-state index contributed by atoms with van der Waals surface area (Å²) in [6.07, 6.45) is 0.575. The van der Waals surface area contributed by atoms with E-state index in [0.29, 0.717) is 12.0 Å². The van der Waals surface area contributed by atoms with E-state index in [4.69, 9.17) is 10.4 Å². The topological polar surface area (TPSA) is 61.1 Å². The number of hydrogen-bond acceptors (Lipinski definition) is 2. The summed E-state index contributed by atoms with van der Waals surface area (Å²) in [6.45, 7) is 0. The summed E-state index contributed by atoms with van der Waals surface area (Å²) in [7, 11) is 0. The lowest BCUT2D eigenvalue weighted by Gasteiger charge is -2.00. The van der Waals surface area contributed by atoms with Crippen LogP contribution in [-0.4, -0.2) is 11.1 Å². The quantitative estimate of drug-likeness (QED) is 0.870. The van der Waals surface area contributed by atoms with Crippen molar-refractivity contribution in [3.8, 4) is 6.07 Å². The van der Waals surface area contributed by atoms with Crippen LogP contribution in [0.1, 0.15) is 17.5 Å². The number of benzene rings is 1. The first-order valence-corrected chi connectivity index (χ1v) is 5.11. The van der Waals surface area contributed by atoms with Crippen molar-refractivity contribution in [2.24, 2.45) is 0 Å². The molecule has 1 aromatic carbocycles. The zero-order valence-corrected chi connectivity index (χ0v) is 9.48. The van der Waals surface area contributed by atoms with Crippen LogP contribution in [0.3, 0.4) is 0 Å². The Morgan fingerprint density at radius 1 is 1.50 bits per heavy atom. The highest BCUT2D eigenvalue weighted by Gasteiger charge is 2.02. The van der Waals surface area contributed by atoms with Gasteiger partial charge in [-0.05, 0) is 52.8 Å². The summed E-state index contributed by atoms with van der Waals surface area (Å²) >= 11 is 2.11. The Kier molecular flexibility index (Phi) is 3.89. The van der Waals surface area contributed by atoms with Crippen LogP contribution in [0.15, 0.2) is 18.2 Å². The van der Waals surface area contributed by atoms with Crippen molar-refractivity contribution in [1.82, 2.24) is 0 Å². The normalized spacial score (nSPS) is 9.43. The summed E-state index contributed by atoms with van der Waals surface area (Å²) in [5.74, 6) is -0.817. The van der Waals surface area contributed by atoms with E-state index in [0.717, 1.165) is 9.13 Å². The molecule has 14 heavy (non-hydrogen) atoms. The molecule has 0 radical (unpaired) electrons. The van der Waals surface area contributed by atoms with Crippen molar-refractivity contribution >= 4 is 28.6 Å². The largest absolute Gasteiger partial charge is 0.481 e. The van der Waals surface area contributed by atoms with E-state index in [9.17, 15) is 4.79 Å². The summed E-state index contributed by atoms with van der Waals surface area (Å²) < 4.78 is 0.960.